The third-order valence-corrected chi connectivity index (χ3v) is 4.64. The Hall–Kier alpha value is -0.220. The van der Waals surface area contributed by atoms with Crippen molar-refractivity contribution in [3.8, 4) is 0 Å². The van der Waals surface area contributed by atoms with E-state index in [-0.39, 0.29) is 23.0 Å². The Balaban J connectivity index is 2.06. The molecule has 17 heavy (non-hydrogen) atoms. The molecule has 0 aromatic carbocycles. The minimum Gasteiger partial charge on any atom is -0.460 e. The molecule has 2 fully saturated rings. The summed E-state index contributed by atoms with van der Waals surface area (Å²) >= 11 is 1.99. The molecule has 1 atom stereocenters. The van der Waals surface area contributed by atoms with Gasteiger partial charge in [-0.15, -0.1) is 0 Å². The van der Waals surface area contributed by atoms with Crippen LogP contribution in [0, 0.1) is 5.92 Å². The van der Waals surface area contributed by atoms with Crippen molar-refractivity contribution in [1.29, 1.82) is 0 Å². The lowest BCUT2D eigenvalue weighted by Gasteiger charge is -2.38. The van der Waals surface area contributed by atoms with Crippen LogP contribution in [0.25, 0.3) is 0 Å². The average Bonchev–Trinajstić information content (AvgIpc) is 2.60. The van der Waals surface area contributed by atoms with E-state index in [4.69, 9.17) is 4.74 Å². The molecule has 0 aliphatic carbocycles. The first-order valence-corrected chi connectivity index (χ1v) is 7.64. The molecule has 1 spiro atoms. The summed E-state index contributed by atoms with van der Waals surface area (Å²) in [6, 6.07) is 0. The molecule has 1 unspecified atom stereocenters. The maximum atomic E-state index is 12.3. The normalized spacial score (nSPS) is 28.3. The van der Waals surface area contributed by atoms with Gasteiger partial charge in [0.25, 0.3) is 0 Å². The van der Waals surface area contributed by atoms with E-state index < -0.39 is 0 Å². The van der Waals surface area contributed by atoms with Crippen LogP contribution in [0.1, 0.15) is 40.0 Å². The van der Waals surface area contributed by atoms with Crippen LogP contribution in [0.2, 0.25) is 0 Å². The lowest BCUT2D eigenvalue weighted by molar-refractivity contribution is -0.162. The number of rotatable bonds is 1. The van der Waals surface area contributed by atoms with Gasteiger partial charge in [0.05, 0.1) is 5.92 Å². The standard InChI is InChI=1S/C13H23NO2S/c1-12(2,3)16-11(15)10-4-7-14-13(10)5-8-17-9-6-13/h10,14H,4-9H2,1-3H3. The van der Waals surface area contributed by atoms with E-state index in [1.165, 1.54) is 0 Å². The molecule has 0 radical (unpaired) electrons. The molecule has 3 nitrogen and oxygen atoms in total. The van der Waals surface area contributed by atoms with E-state index in [1.807, 2.05) is 32.5 Å². The average molecular weight is 257 g/mol. The van der Waals surface area contributed by atoms with Crippen LogP contribution >= 0.6 is 11.8 Å². The minimum absolute atomic E-state index is 0.00519. The smallest absolute Gasteiger partial charge is 0.311 e. The van der Waals surface area contributed by atoms with Crippen molar-refractivity contribution >= 4 is 17.7 Å². The maximum Gasteiger partial charge on any atom is 0.311 e. The van der Waals surface area contributed by atoms with Gasteiger partial charge in [0.1, 0.15) is 5.60 Å². The molecule has 2 heterocycles. The van der Waals surface area contributed by atoms with Crippen LogP contribution in [0.5, 0.6) is 0 Å². The van der Waals surface area contributed by atoms with Crippen molar-refractivity contribution in [2.24, 2.45) is 5.92 Å². The van der Waals surface area contributed by atoms with Gasteiger partial charge in [-0.2, -0.15) is 11.8 Å². The molecule has 0 saturated carbocycles. The predicted molar refractivity (Wildman–Crippen MR) is 71.2 cm³/mol. The summed E-state index contributed by atoms with van der Waals surface area (Å²) < 4.78 is 5.56. The summed E-state index contributed by atoms with van der Waals surface area (Å²) in [6.45, 7) is 6.78. The molecule has 0 bridgehead atoms. The zero-order chi connectivity index (χ0) is 12.5. The van der Waals surface area contributed by atoms with Gasteiger partial charge in [-0.3, -0.25) is 4.79 Å². The monoisotopic (exact) mass is 257 g/mol. The van der Waals surface area contributed by atoms with Gasteiger partial charge in [0.15, 0.2) is 0 Å². The molecule has 1 N–H and O–H groups in total. The second kappa shape index (κ2) is 4.81. The summed E-state index contributed by atoms with van der Waals surface area (Å²) in [7, 11) is 0. The molecular formula is C13H23NO2S. The number of ether oxygens (including phenoxy) is 1. The summed E-state index contributed by atoms with van der Waals surface area (Å²) in [6.07, 6.45) is 3.13. The van der Waals surface area contributed by atoms with Gasteiger partial charge in [-0.25, -0.2) is 0 Å². The van der Waals surface area contributed by atoms with Crippen molar-refractivity contribution in [3.63, 3.8) is 0 Å². The molecule has 2 rings (SSSR count). The second-order valence-electron chi connectivity index (χ2n) is 6.07. The quantitative estimate of drug-likeness (QED) is 0.731. The van der Waals surface area contributed by atoms with E-state index in [9.17, 15) is 4.79 Å². The zero-order valence-electron chi connectivity index (χ0n) is 11.0. The molecule has 98 valence electrons. The Kier molecular flexibility index (Phi) is 3.74. The number of thioether (sulfide) groups is 1. The zero-order valence-corrected chi connectivity index (χ0v) is 11.9. The van der Waals surface area contributed by atoms with E-state index in [2.05, 4.69) is 5.32 Å². The van der Waals surface area contributed by atoms with Crippen molar-refractivity contribution < 1.29 is 9.53 Å². The topological polar surface area (TPSA) is 38.3 Å². The summed E-state index contributed by atoms with van der Waals surface area (Å²) in [4.78, 5) is 12.3. The molecule has 2 aliphatic heterocycles. The van der Waals surface area contributed by atoms with Crippen molar-refractivity contribution in [1.82, 2.24) is 5.32 Å². The Morgan fingerprint density at radius 2 is 2.00 bits per heavy atom. The van der Waals surface area contributed by atoms with Gasteiger partial charge in [-0.05, 0) is 58.1 Å². The largest absolute Gasteiger partial charge is 0.460 e. The minimum atomic E-state index is -0.371. The number of hydrogen-bond acceptors (Lipinski definition) is 4. The Bertz CT molecular complexity index is 292. The predicted octanol–water partition coefficient (Wildman–Crippen LogP) is 2.20. The Labute approximate surface area is 108 Å². The van der Waals surface area contributed by atoms with Crippen LogP contribution in [0.4, 0.5) is 0 Å². The van der Waals surface area contributed by atoms with Gasteiger partial charge in [0, 0.05) is 5.54 Å². The van der Waals surface area contributed by atoms with Gasteiger partial charge in [-0.1, -0.05) is 0 Å². The number of esters is 1. The van der Waals surface area contributed by atoms with Crippen molar-refractivity contribution in [2.45, 2.75) is 51.2 Å². The van der Waals surface area contributed by atoms with Crippen LogP contribution < -0.4 is 5.32 Å². The first-order valence-electron chi connectivity index (χ1n) is 6.49. The maximum absolute atomic E-state index is 12.3. The highest BCUT2D eigenvalue weighted by Gasteiger charge is 2.48. The van der Waals surface area contributed by atoms with E-state index in [0.29, 0.717) is 0 Å². The lowest BCUT2D eigenvalue weighted by Crippen LogP contribution is -2.51. The van der Waals surface area contributed by atoms with Crippen molar-refractivity contribution in [2.75, 3.05) is 18.1 Å². The Morgan fingerprint density at radius 1 is 1.35 bits per heavy atom. The van der Waals surface area contributed by atoms with E-state index in [0.717, 1.165) is 37.3 Å². The number of carbonyl (C=O) groups is 1. The molecular weight excluding hydrogens is 234 g/mol. The van der Waals surface area contributed by atoms with Crippen LogP contribution in [0.3, 0.4) is 0 Å². The fourth-order valence-electron chi connectivity index (χ4n) is 2.84. The summed E-state index contributed by atoms with van der Waals surface area (Å²) in [5, 5.41) is 3.57. The number of nitrogens with one attached hydrogen (secondary N) is 1. The number of carbonyl (C=O) groups excluding carboxylic acids is 1. The summed E-state index contributed by atoms with van der Waals surface area (Å²) in [5.41, 5.74) is -0.335. The first-order chi connectivity index (χ1) is 7.93. The second-order valence-corrected chi connectivity index (χ2v) is 7.29. The van der Waals surface area contributed by atoms with Gasteiger partial charge < -0.3 is 10.1 Å². The van der Waals surface area contributed by atoms with Crippen LogP contribution in [0.15, 0.2) is 0 Å². The highest BCUT2D eigenvalue weighted by molar-refractivity contribution is 7.99. The SMILES string of the molecule is CC(C)(C)OC(=O)C1CCNC12CCSCC2. The number of hydrogen-bond donors (Lipinski definition) is 1. The van der Waals surface area contributed by atoms with E-state index >= 15 is 0 Å². The van der Waals surface area contributed by atoms with Gasteiger partial charge in [0.2, 0.25) is 0 Å². The van der Waals surface area contributed by atoms with Crippen LogP contribution in [-0.2, 0) is 9.53 Å². The fraction of sp³-hybridized carbons (Fsp3) is 0.923. The first kappa shape index (κ1) is 13.2. The molecule has 2 aliphatic rings. The fourth-order valence-corrected chi connectivity index (χ4v) is 4.06. The molecule has 2 saturated heterocycles. The molecule has 0 aromatic heterocycles. The highest BCUT2D eigenvalue weighted by Crippen LogP contribution is 2.39. The summed E-state index contributed by atoms with van der Waals surface area (Å²) in [5.74, 6) is 2.37. The van der Waals surface area contributed by atoms with Gasteiger partial charge >= 0.3 is 5.97 Å². The third-order valence-electron chi connectivity index (χ3n) is 3.65. The van der Waals surface area contributed by atoms with Crippen molar-refractivity contribution in [3.05, 3.63) is 0 Å². The third kappa shape index (κ3) is 2.97. The molecule has 0 amide bonds. The van der Waals surface area contributed by atoms with Crippen LogP contribution in [-0.4, -0.2) is 35.2 Å². The lowest BCUT2D eigenvalue weighted by atomic mass is 9.80. The Morgan fingerprint density at radius 3 is 2.59 bits per heavy atom. The van der Waals surface area contributed by atoms with E-state index in [1.54, 1.807) is 0 Å². The molecule has 0 aromatic rings. The molecule has 4 heteroatoms. The highest BCUT2D eigenvalue weighted by atomic mass is 32.2.